The first-order chi connectivity index (χ1) is 12.1. The molecule has 1 saturated heterocycles. The minimum absolute atomic E-state index is 0.251. The largest absolute Gasteiger partial charge is 0.354 e. The fraction of sp³-hybridized carbons (Fsp3) is 0.421. The molecule has 0 aliphatic carbocycles. The summed E-state index contributed by atoms with van der Waals surface area (Å²) in [6.45, 7) is 5.05. The van der Waals surface area contributed by atoms with Gasteiger partial charge in [-0.3, -0.25) is 4.79 Å². The molecular formula is C19H23ClN4O. The number of nitrogens with one attached hydrogen (secondary N) is 1. The van der Waals surface area contributed by atoms with Crippen molar-refractivity contribution in [3.8, 4) is 0 Å². The molecule has 1 aliphatic rings. The van der Waals surface area contributed by atoms with Gasteiger partial charge in [0.25, 0.3) is 5.91 Å². The van der Waals surface area contributed by atoms with Gasteiger partial charge in [-0.1, -0.05) is 24.6 Å². The van der Waals surface area contributed by atoms with E-state index in [1.807, 2.05) is 19.1 Å². The summed E-state index contributed by atoms with van der Waals surface area (Å²) in [6.07, 6.45) is 6.12. The smallest absolute Gasteiger partial charge is 0.274 e. The average molecular weight is 359 g/mol. The number of rotatable bonds is 4. The van der Waals surface area contributed by atoms with Gasteiger partial charge in [-0.15, -0.1) is 0 Å². The number of carbonyl (C=O) groups excluding carboxylic acids is 1. The Balaban J connectivity index is 1.81. The van der Waals surface area contributed by atoms with Crippen LogP contribution in [0.25, 0.3) is 0 Å². The summed E-state index contributed by atoms with van der Waals surface area (Å²) in [6, 6.07) is 7.71. The molecule has 1 fully saturated rings. The van der Waals surface area contributed by atoms with Crippen LogP contribution in [0.3, 0.4) is 0 Å². The van der Waals surface area contributed by atoms with Crippen LogP contribution in [0.15, 0.2) is 30.6 Å². The Labute approximate surface area is 153 Å². The quantitative estimate of drug-likeness (QED) is 0.876. The van der Waals surface area contributed by atoms with E-state index in [2.05, 4.69) is 27.1 Å². The summed E-state index contributed by atoms with van der Waals surface area (Å²) in [5.74, 6) is 0.577. The summed E-state index contributed by atoms with van der Waals surface area (Å²) >= 11 is 6.12. The Morgan fingerprint density at radius 3 is 3.00 bits per heavy atom. The van der Waals surface area contributed by atoms with Crippen molar-refractivity contribution in [1.29, 1.82) is 0 Å². The molecule has 2 heterocycles. The van der Waals surface area contributed by atoms with Gasteiger partial charge in [0, 0.05) is 29.4 Å². The number of aromatic nitrogens is 2. The van der Waals surface area contributed by atoms with E-state index in [9.17, 15) is 4.79 Å². The maximum atomic E-state index is 12.6. The van der Waals surface area contributed by atoms with E-state index < -0.39 is 0 Å². The third-order valence-electron chi connectivity index (χ3n) is 4.79. The number of hydrogen-bond acceptors (Lipinski definition) is 4. The number of benzene rings is 1. The van der Waals surface area contributed by atoms with Gasteiger partial charge in [0.15, 0.2) is 0 Å². The SMILES string of the molecule is CCC1CCCCN1c1cc(C(=O)Nc2cccc(Cl)c2C)ncn1. The predicted octanol–water partition coefficient (Wildman–Crippen LogP) is 4.46. The standard InChI is InChI=1S/C19H23ClN4O/c1-3-14-7-4-5-10-24(14)18-11-17(21-12-22-18)19(25)23-16-9-6-8-15(20)13(16)2/h6,8-9,11-12,14H,3-5,7,10H2,1-2H3,(H,23,25). The Hall–Kier alpha value is -2.14. The van der Waals surface area contributed by atoms with Crippen LogP contribution in [0.5, 0.6) is 0 Å². The second-order valence-electron chi connectivity index (χ2n) is 6.38. The van der Waals surface area contributed by atoms with Crippen molar-refractivity contribution in [1.82, 2.24) is 9.97 Å². The number of amides is 1. The van der Waals surface area contributed by atoms with Gasteiger partial charge in [0.05, 0.1) is 0 Å². The van der Waals surface area contributed by atoms with Crippen LogP contribution in [0.4, 0.5) is 11.5 Å². The highest BCUT2D eigenvalue weighted by Crippen LogP contribution is 2.26. The molecule has 0 spiro atoms. The van der Waals surface area contributed by atoms with Crippen LogP contribution in [-0.4, -0.2) is 28.5 Å². The van der Waals surface area contributed by atoms with Crippen LogP contribution in [0.2, 0.25) is 5.02 Å². The number of hydrogen-bond donors (Lipinski definition) is 1. The first-order valence-electron chi connectivity index (χ1n) is 8.75. The van der Waals surface area contributed by atoms with E-state index in [4.69, 9.17) is 11.6 Å². The average Bonchev–Trinajstić information content (AvgIpc) is 2.65. The normalized spacial score (nSPS) is 17.4. The Kier molecular flexibility index (Phi) is 5.53. The molecule has 6 heteroatoms. The van der Waals surface area contributed by atoms with Crippen LogP contribution in [-0.2, 0) is 0 Å². The van der Waals surface area contributed by atoms with Gasteiger partial charge in [-0.2, -0.15) is 0 Å². The Bertz CT molecular complexity index is 765. The Morgan fingerprint density at radius 2 is 2.20 bits per heavy atom. The second kappa shape index (κ2) is 7.83. The second-order valence-corrected chi connectivity index (χ2v) is 6.79. The van der Waals surface area contributed by atoms with Gasteiger partial charge in [-0.25, -0.2) is 9.97 Å². The summed E-state index contributed by atoms with van der Waals surface area (Å²) in [5.41, 5.74) is 1.90. The molecule has 0 saturated carbocycles. The molecule has 1 aromatic carbocycles. The molecule has 25 heavy (non-hydrogen) atoms. The zero-order chi connectivity index (χ0) is 17.8. The van der Waals surface area contributed by atoms with Crippen molar-refractivity contribution in [3.63, 3.8) is 0 Å². The van der Waals surface area contributed by atoms with E-state index in [0.717, 1.165) is 30.8 Å². The first-order valence-corrected chi connectivity index (χ1v) is 9.13. The van der Waals surface area contributed by atoms with Crippen molar-refractivity contribution in [2.45, 2.75) is 45.6 Å². The summed E-state index contributed by atoms with van der Waals surface area (Å²) in [7, 11) is 0. The lowest BCUT2D eigenvalue weighted by Gasteiger charge is -2.36. The third kappa shape index (κ3) is 3.93. The zero-order valence-electron chi connectivity index (χ0n) is 14.6. The lowest BCUT2D eigenvalue weighted by Crippen LogP contribution is -2.39. The van der Waals surface area contributed by atoms with E-state index in [1.165, 1.54) is 19.2 Å². The van der Waals surface area contributed by atoms with Gasteiger partial charge in [0.1, 0.15) is 17.8 Å². The number of nitrogens with zero attached hydrogens (tertiary/aromatic N) is 3. The number of piperidine rings is 1. The van der Waals surface area contributed by atoms with E-state index >= 15 is 0 Å². The van der Waals surface area contributed by atoms with E-state index in [0.29, 0.717) is 22.4 Å². The predicted molar refractivity (Wildman–Crippen MR) is 101 cm³/mol. The minimum atomic E-state index is -0.251. The van der Waals surface area contributed by atoms with E-state index in [1.54, 1.807) is 12.1 Å². The molecule has 0 bridgehead atoms. The summed E-state index contributed by atoms with van der Waals surface area (Å²) < 4.78 is 0. The van der Waals surface area contributed by atoms with Crippen molar-refractivity contribution < 1.29 is 4.79 Å². The first kappa shape index (κ1) is 17.7. The van der Waals surface area contributed by atoms with Crippen molar-refractivity contribution in [3.05, 3.63) is 46.9 Å². The van der Waals surface area contributed by atoms with Crippen LogP contribution in [0.1, 0.15) is 48.7 Å². The molecule has 1 N–H and O–H groups in total. The molecule has 3 rings (SSSR count). The van der Waals surface area contributed by atoms with Gasteiger partial charge in [0.2, 0.25) is 0 Å². The Morgan fingerprint density at radius 1 is 1.36 bits per heavy atom. The molecular weight excluding hydrogens is 336 g/mol. The lowest BCUT2D eigenvalue weighted by atomic mass is 10.00. The molecule has 1 amide bonds. The molecule has 0 radical (unpaired) electrons. The monoisotopic (exact) mass is 358 g/mol. The molecule has 1 atom stereocenters. The number of halogens is 1. The fourth-order valence-corrected chi connectivity index (χ4v) is 3.46. The molecule has 1 aliphatic heterocycles. The molecule has 1 unspecified atom stereocenters. The minimum Gasteiger partial charge on any atom is -0.354 e. The third-order valence-corrected chi connectivity index (χ3v) is 5.20. The van der Waals surface area contributed by atoms with Gasteiger partial charge in [-0.05, 0) is 50.3 Å². The molecule has 132 valence electrons. The molecule has 1 aromatic heterocycles. The summed E-state index contributed by atoms with van der Waals surface area (Å²) in [4.78, 5) is 23.4. The zero-order valence-corrected chi connectivity index (χ0v) is 15.4. The number of anilines is 2. The highest BCUT2D eigenvalue weighted by atomic mass is 35.5. The highest BCUT2D eigenvalue weighted by Gasteiger charge is 2.23. The van der Waals surface area contributed by atoms with E-state index in [-0.39, 0.29) is 5.91 Å². The molecule has 2 aromatic rings. The van der Waals surface area contributed by atoms with Gasteiger partial charge >= 0.3 is 0 Å². The fourth-order valence-electron chi connectivity index (χ4n) is 3.28. The van der Waals surface area contributed by atoms with Crippen LogP contribution >= 0.6 is 11.6 Å². The van der Waals surface area contributed by atoms with Crippen LogP contribution in [0, 0.1) is 6.92 Å². The number of carbonyl (C=O) groups is 1. The summed E-state index contributed by atoms with van der Waals surface area (Å²) in [5, 5.41) is 3.52. The topological polar surface area (TPSA) is 58.1 Å². The van der Waals surface area contributed by atoms with Crippen molar-refractivity contribution >= 4 is 29.0 Å². The maximum absolute atomic E-state index is 12.6. The van der Waals surface area contributed by atoms with Gasteiger partial charge < -0.3 is 10.2 Å². The lowest BCUT2D eigenvalue weighted by molar-refractivity contribution is 0.102. The van der Waals surface area contributed by atoms with Crippen molar-refractivity contribution in [2.24, 2.45) is 0 Å². The van der Waals surface area contributed by atoms with Crippen molar-refractivity contribution in [2.75, 3.05) is 16.8 Å². The maximum Gasteiger partial charge on any atom is 0.274 e. The molecule has 5 nitrogen and oxygen atoms in total. The van der Waals surface area contributed by atoms with Crippen LogP contribution < -0.4 is 10.2 Å². The highest BCUT2D eigenvalue weighted by molar-refractivity contribution is 6.31.